The van der Waals surface area contributed by atoms with Gasteiger partial charge in [-0.3, -0.25) is 0 Å². The molecule has 0 saturated heterocycles. The lowest BCUT2D eigenvalue weighted by molar-refractivity contribution is -1.05. The van der Waals surface area contributed by atoms with E-state index in [0.29, 0.717) is 11.8 Å². The summed E-state index contributed by atoms with van der Waals surface area (Å²) in [6, 6.07) is 0. The van der Waals surface area contributed by atoms with Crippen molar-refractivity contribution in [1.29, 1.82) is 0 Å². The highest BCUT2D eigenvalue weighted by Gasteiger charge is 2.55. The Morgan fingerprint density at radius 1 is 0.864 bits per heavy atom. The highest BCUT2D eigenvalue weighted by atomic mass is 17.0. The molecule has 8 unspecified atom stereocenters. The summed E-state index contributed by atoms with van der Waals surface area (Å²) < 4.78 is 0. The third kappa shape index (κ3) is 3.60. The largest absolute Gasteiger partial charge is 0.599 e. The van der Waals surface area contributed by atoms with Gasteiger partial charge in [-0.1, -0.05) is 0 Å². The van der Waals surface area contributed by atoms with E-state index in [4.69, 9.17) is 9.88 Å². The Labute approximate surface area is 131 Å². The molecule has 3 rings (SSSR count). The summed E-state index contributed by atoms with van der Waals surface area (Å²) in [5, 5.41) is 21.1. The molecule has 3 saturated carbocycles. The Kier molecular flexibility index (Phi) is 5.31. The van der Waals surface area contributed by atoms with E-state index in [2.05, 4.69) is 11.0 Å². The minimum absolute atomic E-state index is 0.279. The molecular weight excluding hydrogens is 288 g/mol. The van der Waals surface area contributed by atoms with Gasteiger partial charge in [-0.05, 0) is 61.2 Å². The van der Waals surface area contributed by atoms with Gasteiger partial charge in [0.15, 0.2) is 0 Å². The molecule has 0 radical (unpaired) electrons. The lowest BCUT2D eigenvalue weighted by Gasteiger charge is -2.31. The van der Waals surface area contributed by atoms with Gasteiger partial charge in [0.25, 0.3) is 0 Å². The highest BCUT2D eigenvalue weighted by molar-refractivity contribution is 5.04. The van der Waals surface area contributed by atoms with E-state index in [1.54, 1.807) is 0 Å². The van der Waals surface area contributed by atoms with Crippen LogP contribution in [-0.2, 0) is 9.88 Å². The summed E-state index contributed by atoms with van der Waals surface area (Å²) in [6.07, 6.45) is 5.07. The summed E-state index contributed by atoms with van der Waals surface area (Å²) in [5.74, 6) is 4.48. The second-order valence-corrected chi connectivity index (χ2v) is 7.20. The molecule has 3 fully saturated rings. The van der Waals surface area contributed by atoms with E-state index < -0.39 is 0 Å². The Morgan fingerprint density at radius 2 is 1.50 bits per heavy atom. The molecule has 8 nitrogen and oxygen atoms in total. The first-order chi connectivity index (χ1) is 10.5. The van der Waals surface area contributed by atoms with E-state index in [-0.39, 0.29) is 10.5 Å². The van der Waals surface area contributed by atoms with Crippen LogP contribution in [-0.4, -0.2) is 27.2 Å². The Morgan fingerprint density at radius 3 is 2.18 bits per heavy atom. The van der Waals surface area contributed by atoms with Crippen LogP contribution in [0.25, 0.3) is 0 Å². The lowest BCUT2D eigenvalue weighted by atomic mass is 9.76. The first kappa shape index (κ1) is 16.5. The number of nitrogens with one attached hydrogen (secondary N) is 4. The molecule has 3 aliphatic rings. The van der Waals surface area contributed by atoms with Crippen LogP contribution in [0.1, 0.15) is 25.7 Å². The predicted octanol–water partition coefficient (Wildman–Crippen LogP) is -1.82. The van der Waals surface area contributed by atoms with Crippen molar-refractivity contribution in [1.82, 2.24) is 11.0 Å². The third-order valence-corrected chi connectivity index (χ3v) is 5.85. The van der Waals surface area contributed by atoms with Crippen molar-refractivity contribution >= 4 is 0 Å². The summed E-state index contributed by atoms with van der Waals surface area (Å²) in [6.45, 7) is 1.54. The van der Waals surface area contributed by atoms with Crippen LogP contribution in [0.3, 0.4) is 0 Å². The molecule has 2 bridgehead atoms. The van der Waals surface area contributed by atoms with Gasteiger partial charge in [-0.15, -0.1) is 20.8 Å². The van der Waals surface area contributed by atoms with Crippen molar-refractivity contribution in [2.75, 3.05) is 27.2 Å². The monoisotopic (exact) mass is 316 g/mol. The predicted molar refractivity (Wildman–Crippen MR) is 78.1 cm³/mol. The van der Waals surface area contributed by atoms with E-state index in [9.17, 15) is 10.4 Å². The summed E-state index contributed by atoms with van der Waals surface area (Å²) in [7, 11) is 2.83. The fourth-order valence-corrected chi connectivity index (χ4v) is 5.24. The molecule has 0 spiro atoms. The van der Waals surface area contributed by atoms with Gasteiger partial charge in [-0.2, -0.15) is 0 Å². The fraction of sp³-hybridized carbons (Fsp3) is 1.00. The first-order valence-corrected chi connectivity index (χ1v) is 8.35. The molecule has 0 amide bonds. The van der Waals surface area contributed by atoms with Crippen molar-refractivity contribution in [3.05, 3.63) is 10.4 Å². The van der Waals surface area contributed by atoms with Gasteiger partial charge < -0.3 is 10.4 Å². The third-order valence-electron chi connectivity index (χ3n) is 5.85. The van der Waals surface area contributed by atoms with Gasteiger partial charge in [0, 0.05) is 13.1 Å². The molecule has 0 heterocycles. The molecule has 3 aliphatic carbocycles. The van der Waals surface area contributed by atoms with E-state index in [0.717, 1.165) is 36.8 Å². The zero-order valence-electron chi connectivity index (χ0n) is 13.3. The highest BCUT2D eigenvalue weighted by Crippen LogP contribution is 2.61. The molecule has 0 aromatic rings. The Bertz CT molecular complexity index is 371. The standard InChI is InChI=1S/C14H28N4O4/c1-17(19)21-15-7-9-3-12-10-5-11(8-16-22-18(2)20)13(6-10)14(12)4-9/h9-18H,3-8H2,1-2H3. The quantitative estimate of drug-likeness (QED) is 0.394. The molecule has 0 aromatic heterocycles. The van der Waals surface area contributed by atoms with Crippen LogP contribution >= 0.6 is 0 Å². The molecular formula is C14H28N4O4. The average molecular weight is 316 g/mol. The minimum atomic E-state index is -0.283. The molecule has 0 aromatic carbocycles. The number of rotatable bonds is 8. The smallest absolute Gasteiger partial charge is 0.0982 e. The first-order valence-electron chi connectivity index (χ1n) is 8.35. The SMILES string of the molecule is C[NH+]([O-])ONCC1CC2C3CC(CNO[NH+](C)[O-])C(C3)C2C1. The van der Waals surface area contributed by atoms with Crippen molar-refractivity contribution in [2.45, 2.75) is 25.7 Å². The van der Waals surface area contributed by atoms with Crippen LogP contribution in [0, 0.1) is 45.9 Å². The summed E-state index contributed by atoms with van der Waals surface area (Å²) in [4.78, 5) is 9.72. The molecule has 8 heteroatoms. The van der Waals surface area contributed by atoms with Crippen LogP contribution < -0.4 is 21.4 Å². The van der Waals surface area contributed by atoms with Crippen molar-refractivity contribution in [2.24, 2.45) is 35.5 Å². The van der Waals surface area contributed by atoms with E-state index in [1.807, 2.05) is 0 Å². The number of fused-ring (bicyclic) bond motifs is 5. The second kappa shape index (κ2) is 7.06. The number of hydroxylamine groups is 6. The zero-order chi connectivity index (χ0) is 15.7. The zero-order valence-corrected chi connectivity index (χ0v) is 13.3. The summed E-state index contributed by atoms with van der Waals surface area (Å²) in [5.41, 5.74) is 5.63. The Hall–Kier alpha value is -0.320. The minimum Gasteiger partial charge on any atom is -0.599 e. The Balaban J connectivity index is 1.44. The fourth-order valence-electron chi connectivity index (χ4n) is 5.24. The van der Waals surface area contributed by atoms with Gasteiger partial charge >= 0.3 is 0 Å². The van der Waals surface area contributed by atoms with Gasteiger partial charge in [0.1, 0.15) is 0 Å². The van der Waals surface area contributed by atoms with E-state index in [1.165, 1.54) is 39.8 Å². The average Bonchev–Trinajstić information content (AvgIpc) is 3.08. The maximum absolute atomic E-state index is 10.8. The molecule has 4 N–H and O–H groups in total. The number of hydrogen-bond donors (Lipinski definition) is 4. The van der Waals surface area contributed by atoms with Crippen LogP contribution in [0.4, 0.5) is 0 Å². The molecule has 22 heavy (non-hydrogen) atoms. The van der Waals surface area contributed by atoms with E-state index >= 15 is 0 Å². The van der Waals surface area contributed by atoms with Gasteiger partial charge in [-0.25, -0.2) is 10.5 Å². The van der Waals surface area contributed by atoms with Crippen molar-refractivity contribution < 1.29 is 20.3 Å². The van der Waals surface area contributed by atoms with Crippen LogP contribution in [0.5, 0.6) is 0 Å². The number of quaternary nitrogens is 2. The van der Waals surface area contributed by atoms with Gasteiger partial charge in [0.2, 0.25) is 0 Å². The lowest BCUT2D eigenvalue weighted by Crippen LogP contribution is -3.04. The maximum Gasteiger partial charge on any atom is 0.0982 e. The topological polar surface area (TPSA) is 97.5 Å². The molecule has 8 atom stereocenters. The van der Waals surface area contributed by atoms with Crippen molar-refractivity contribution in [3.63, 3.8) is 0 Å². The maximum atomic E-state index is 10.8. The second-order valence-electron chi connectivity index (χ2n) is 7.20. The van der Waals surface area contributed by atoms with Gasteiger partial charge in [0.05, 0.1) is 14.1 Å². The molecule has 0 aliphatic heterocycles. The van der Waals surface area contributed by atoms with Crippen LogP contribution in [0.2, 0.25) is 0 Å². The normalized spacial score (nSPS) is 42.5. The molecule has 128 valence electrons. The van der Waals surface area contributed by atoms with Crippen LogP contribution in [0.15, 0.2) is 0 Å². The van der Waals surface area contributed by atoms with Crippen molar-refractivity contribution in [3.8, 4) is 0 Å². The number of hydrogen-bond acceptors (Lipinski definition) is 6. The summed E-state index contributed by atoms with van der Waals surface area (Å²) >= 11 is 0.